The van der Waals surface area contributed by atoms with Crippen molar-refractivity contribution in [3.8, 4) is 5.75 Å². The largest absolute Gasteiger partial charge is 0.496 e. The van der Waals surface area contributed by atoms with E-state index in [-0.39, 0.29) is 10.7 Å². The number of ether oxygens (including phenoxy) is 1. The van der Waals surface area contributed by atoms with Crippen LogP contribution in [-0.4, -0.2) is 24.4 Å². The maximum absolute atomic E-state index is 11.8. The number of methoxy groups -OCH3 is 1. The molecule has 0 fully saturated rings. The normalized spacial score (nSPS) is 12.0. The summed E-state index contributed by atoms with van der Waals surface area (Å²) in [4.78, 5) is 12.0. The quantitative estimate of drug-likeness (QED) is 0.869. The van der Waals surface area contributed by atoms with Crippen LogP contribution in [0.5, 0.6) is 5.75 Å². The Morgan fingerprint density at radius 1 is 1.62 bits per heavy atom. The average Bonchev–Trinajstić information content (AvgIpc) is 2.25. The van der Waals surface area contributed by atoms with Gasteiger partial charge in [0, 0.05) is 16.4 Å². The van der Waals surface area contributed by atoms with Crippen molar-refractivity contribution in [1.29, 1.82) is 0 Å². The number of rotatable bonds is 4. The van der Waals surface area contributed by atoms with Crippen molar-refractivity contribution in [2.75, 3.05) is 13.7 Å². The molecule has 0 spiro atoms. The first kappa shape index (κ1) is 13.3. The minimum absolute atomic E-state index is 0.189. The fourth-order valence-corrected chi connectivity index (χ4v) is 1.52. The van der Waals surface area contributed by atoms with Gasteiger partial charge in [-0.3, -0.25) is 4.79 Å². The van der Waals surface area contributed by atoms with E-state index in [1.54, 1.807) is 18.2 Å². The zero-order valence-corrected chi connectivity index (χ0v) is 11.4. The van der Waals surface area contributed by atoms with Crippen LogP contribution in [0, 0.1) is 0 Å². The number of alkyl halides is 1. The molecule has 0 aliphatic carbocycles. The molecule has 0 aromatic heterocycles. The molecule has 1 unspecified atom stereocenters. The van der Waals surface area contributed by atoms with Gasteiger partial charge in [0.25, 0.3) is 5.91 Å². The first-order valence-corrected chi connectivity index (χ1v) is 6.09. The van der Waals surface area contributed by atoms with Gasteiger partial charge < -0.3 is 10.1 Å². The molecule has 0 saturated carbocycles. The van der Waals surface area contributed by atoms with E-state index in [1.807, 2.05) is 6.92 Å². The van der Waals surface area contributed by atoms with Crippen LogP contribution in [0.25, 0.3) is 0 Å². The third kappa shape index (κ3) is 3.68. The Labute approximate surface area is 108 Å². The van der Waals surface area contributed by atoms with E-state index in [4.69, 9.17) is 16.3 Å². The maximum Gasteiger partial charge on any atom is 0.255 e. The van der Waals surface area contributed by atoms with E-state index in [2.05, 4.69) is 21.2 Å². The smallest absolute Gasteiger partial charge is 0.255 e. The summed E-state index contributed by atoms with van der Waals surface area (Å²) in [6, 6.07) is 4.95. The Kier molecular flexibility index (Phi) is 5.09. The van der Waals surface area contributed by atoms with E-state index in [0.717, 1.165) is 0 Å². The van der Waals surface area contributed by atoms with Crippen LogP contribution in [0.3, 0.4) is 0 Å². The number of carbonyl (C=O) groups excluding carboxylic acids is 1. The molecule has 1 aromatic rings. The number of carbonyl (C=O) groups is 1. The predicted octanol–water partition coefficient (Wildman–Crippen LogP) is 2.86. The van der Waals surface area contributed by atoms with Crippen molar-refractivity contribution in [3.05, 3.63) is 28.8 Å². The van der Waals surface area contributed by atoms with Crippen LogP contribution in [0.4, 0.5) is 0 Å². The second-order valence-corrected chi connectivity index (χ2v) is 5.33. The molecular weight excluding hydrogens is 293 g/mol. The molecule has 0 aliphatic rings. The summed E-state index contributed by atoms with van der Waals surface area (Å²) in [5.41, 5.74) is 0.447. The summed E-state index contributed by atoms with van der Waals surface area (Å²) < 4.78 is 5.10. The van der Waals surface area contributed by atoms with Crippen molar-refractivity contribution < 1.29 is 9.53 Å². The second kappa shape index (κ2) is 6.11. The van der Waals surface area contributed by atoms with Gasteiger partial charge in [0.2, 0.25) is 0 Å². The van der Waals surface area contributed by atoms with E-state index in [9.17, 15) is 4.79 Å². The van der Waals surface area contributed by atoms with Gasteiger partial charge in [-0.2, -0.15) is 0 Å². The van der Waals surface area contributed by atoms with Crippen LogP contribution >= 0.6 is 27.5 Å². The summed E-state index contributed by atoms with van der Waals surface area (Å²) in [6.45, 7) is 2.50. The summed E-state index contributed by atoms with van der Waals surface area (Å²) in [6.07, 6.45) is 0. The highest BCUT2D eigenvalue weighted by Crippen LogP contribution is 2.22. The van der Waals surface area contributed by atoms with Gasteiger partial charge in [-0.05, 0) is 18.2 Å². The third-order valence-electron chi connectivity index (χ3n) is 1.95. The molecule has 0 aliphatic heterocycles. The van der Waals surface area contributed by atoms with Gasteiger partial charge in [-0.25, -0.2) is 0 Å². The zero-order valence-electron chi connectivity index (χ0n) is 9.09. The molecule has 0 radical (unpaired) electrons. The highest BCUT2D eigenvalue weighted by atomic mass is 79.9. The minimum atomic E-state index is -0.189. The van der Waals surface area contributed by atoms with Gasteiger partial charge >= 0.3 is 0 Å². The lowest BCUT2D eigenvalue weighted by molar-refractivity contribution is 0.0951. The Morgan fingerprint density at radius 3 is 2.88 bits per heavy atom. The molecule has 0 heterocycles. The molecular formula is C11H13BrClNO2. The number of amides is 1. The Hall–Kier alpha value is -0.740. The average molecular weight is 307 g/mol. The number of nitrogens with one attached hydrogen (secondary N) is 1. The van der Waals surface area contributed by atoms with Crippen LogP contribution in [0.1, 0.15) is 17.3 Å². The SMILES string of the molecule is COc1ccc(Cl)cc1C(=O)NCC(C)Br. The molecule has 3 nitrogen and oxygen atoms in total. The number of hydrogen-bond donors (Lipinski definition) is 1. The van der Waals surface area contributed by atoms with E-state index in [1.165, 1.54) is 7.11 Å². The molecule has 0 bridgehead atoms. The second-order valence-electron chi connectivity index (χ2n) is 3.34. The Balaban J connectivity index is 2.84. The van der Waals surface area contributed by atoms with Gasteiger partial charge in [-0.1, -0.05) is 34.5 Å². The number of halogens is 2. The topological polar surface area (TPSA) is 38.3 Å². The summed E-state index contributed by atoms with van der Waals surface area (Å²) in [7, 11) is 1.52. The van der Waals surface area contributed by atoms with Crippen molar-refractivity contribution in [2.45, 2.75) is 11.8 Å². The van der Waals surface area contributed by atoms with Gasteiger partial charge in [0.05, 0.1) is 12.7 Å². The molecule has 5 heteroatoms. The molecule has 1 N–H and O–H groups in total. The molecule has 88 valence electrons. The van der Waals surface area contributed by atoms with Crippen molar-refractivity contribution in [1.82, 2.24) is 5.32 Å². The fraction of sp³-hybridized carbons (Fsp3) is 0.364. The van der Waals surface area contributed by atoms with Crippen molar-refractivity contribution >= 4 is 33.4 Å². The van der Waals surface area contributed by atoms with Crippen LogP contribution < -0.4 is 10.1 Å². The standard InChI is InChI=1S/C11H13BrClNO2/c1-7(12)6-14-11(15)9-5-8(13)3-4-10(9)16-2/h3-5,7H,6H2,1-2H3,(H,14,15). The lowest BCUT2D eigenvalue weighted by Crippen LogP contribution is -2.28. The lowest BCUT2D eigenvalue weighted by Gasteiger charge is -2.10. The van der Waals surface area contributed by atoms with E-state index in [0.29, 0.717) is 22.9 Å². The van der Waals surface area contributed by atoms with Gasteiger partial charge in [0.1, 0.15) is 5.75 Å². The van der Waals surface area contributed by atoms with Crippen molar-refractivity contribution in [2.24, 2.45) is 0 Å². The van der Waals surface area contributed by atoms with E-state index < -0.39 is 0 Å². The molecule has 0 saturated heterocycles. The van der Waals surface area contributed by atoms with Gasteiger partial charge in [0.15, 0.2) is 0 Å². The fourth-order valence-electron chi connectivity index (χ4n) is 1.19. The molecule has 16 heavy (non-hydrogen) atoms. The van der Waals surface area contributed by atoms with Crippen molar-refractivity contribution in [3.63, 3.8) is 0 Å². The highest BCUT2D eigenvalue weighted by Gasteiger charge is 2.12. The minimum Gasteiger partial charge on any atom is -0.496 e. The maximum atomic E-state index is 11.8. The predicted molar refractivity (Wildman–Crippen MR) is 68.7 cm³/mol. The van der Waals surface area contributed by atoms with Crippen LogP contribution in [0.2, 0.25) is 5.02 Å². The first-order valence-electron chi connectivity index (χ1n) is 4.80. The van der Waals surface area contributed by atoms with Gasteiger partial charge in [-0.15, -0.1) is 0 Å². The number of hydrogen-bond acceptors (Lipinski definition) is 2. The summed E-state index contributed by atoms with van der Waals surface area (Å²) in [5, 5.41) is 3.29. The van der Waals surface area contributed by atoms with Crippen LogP contribution in [-0.2, 0) is 0 Å². The summed E-state index contributed by atoms with van der Waals surface area (Å²) in [5.74, 6) is 0.328. The van der Waals surface area contributed by atoms with E-state index >= 15 is 0 Å². The first-order chi connectivity index (χ1) is 7.54. The third-order valence-corrected chi connectivity index (χ3v) is 2.51. The Bertz CT molecular complexity index is 382. The lowest BCUT2D eigenvalue weighted by atomic mass is 10.2. The monoisotopic (exact) mass is 305 g/mol. The number of benzene rings is 1. The molecule has 1 rings (SSSR count). The highest BCUT2D eigenvalue weighted by molar-refractivity contribution is 9.09. The molecule has 1 aromatic carbocycles. The summed E-state index contributed by atoms with van der Waals surface area (Å²) >= 11 is 9.19. The molecule has 1 amide bonds. The van der Waals surface area contributed by atoms with Crippen LogP contribution in [0.15, 0.2) is 18.2 Å². The molecule has 1 atom stereocenters. The Morgan fingerprint density at radius 2 is 2.31 bits per heavy atom. The zero-order chi connectivity index (χ0) is 12.1.